The average molecular weight is 221 g/mol. The molecule has 16 heavy (non-hydrogen) atoms. The smallest absolute Gasteiger partial charge is 0.223 e. The standard InChI is InChI=1S/C13H19NO2/c1-9(13(2,3)12(14)15)10-7-5-6-8-11(10)16-4/h5-9H,1-4H3,(H2,14,15)/t9-/m1/s1. The Balaban J connectivity index is 3.14. The van der Waals surface area contributed by atoms with Crippen LogP contribution in [-0.4, -0.2) is 13.0 Å². The van der Waals surface area contributed by atoms with Crippen molar-refractivity contribution in [1.82, 2.24) is 0 Å². The van der Waals surface area contributed by atoms with Crippen molar-refractivity contribution >= 4 is 5.91 Å². The van der Waals surface area contributed by atoms with E-state index >= 15 is 0 Å². The van der Waals surface area contributed by atoms with Crippen LogP contribution in [0.15, 0.2) is 24.3 Å². The highest BCUT2D eigenvalue weighted by molar-refractivity contribution is 5.81. The van der Waals surface area contributed by atoms with Crippen LogP contribution in [0.25, 0.3) is 0 Å². The van der Waals surface area contributed by atoms with Crippen LogP contribution in [0.3, 0.4) is 0 Å². The Labute approximate surface area is 96.6 Å². The molecule has 0 radical (unpaired) electrons. The van der Waals surface area contributed by atoms with Gasteiger partial charge < -0.3 is 10.5 Å². The van der Waals surface area contributed by atoms with Crippen molar-refractivity contribution in [3.63, 3.8) is 0 Å². The molecule has 0 heterocycles. The summed E-state index contributed by atoms with van der Waals surface area (Å²) in [6.45, 7) is 5.70. The first-order chi connectivity index (χ1) is 7.41. The fourth-order valence-electron chi connectivity index (χ4n) is 1.63. The SMILES string of the molecule is COc1ccccc1[C@@H](C)C(C)(C)C(N)=O. The van der Waals surface area contributed by atoms with E-state index in [-0.39, 0.29) is 11.8 Å². The van der Waals surface area contributed by atoms with Crippen molar-refractivity contribution in [1.29, 1.82) is 0 Å². The molecular formula is C13H19NO2. The highest BCUT2D eigenvalue weighted by Gasteiger charge is 2.34. The molecule has 1 aromatic carbocycles. The van der Waals surface area contributed by atoms with Gasteiger partial charge in [0.15, 0.2) is 0 Å². The molecule has 2 N–H and O–H groups in total. The molecule has 1 aromatic rings. The maximum absolute atomic E-state index is 11.4. The van der Waals surface area contributed by atoms with Crippen LogP contribution < -0.4 is 10.5 Å². The number of hydrogen-bond acceptors (Lipinski definition) is 2. The first kappa shape index (κ1) is 12.6. The monoisotopic (exact) mass is 221 g/mol. The Hall–Kier alpha value is -1.51. The van der Waals surface area contributed by atoms with Crippen LogP contribution in [-0.2, 0) is 4.79 Å². The number of benzene rings is 1. The Morgan fingerprint density at radius 2 is 1.94 bits per heavy atom. The zero-order chi connectivity index (χ0) is 12.3. The second-order valence-corrected chi connectivity index (χ2v) is 4.55. The van der Waals surface area contributed by atoms with Crippen LogP contribution in [0.2, 0.25) is 0 Å². The average Bonchev–Trinajstić information content (AvgIpc) is 2.27. The molecule has 1 rings (SSSR count). The van der Waals surface area contributed by atoms with Gasteiger partial charge in [-0.25, -0.2) is 0 Å². The predicted molar refractivity (Wildman–Crippen MR) is 64.4 cm³/mol. The van der Waals surface area contributed by atoms with E-state index in [0.717, 1.165) is 11.3 Å². The highest BCUT2D eigenvalue weighted by atomic mass is 16.5. The third-order valence-electron chi connectivity index (χ3n) is 3.32. The molecule has 0 aliphatic heterocycles. The second-order valence-electron chi connectivity index (χ2n) is 4.55. The summed E-state index contributed by atoms with van der Waals surface area (Å²) >= 11 is 0. The summed E-state index contributed by atoms with van der Waals surface area (Å²) in [5, 5.41) is 0. The molecule has 0 aliphatic rings. The number of amides is 1. The van der Waals surface area contributed by atoms with Gasteiger partial charge in [0.2, 0.25) is 5.91 Å². The Bertz CT molecular complexity index is 385. The largest absolute Gasteiger partial charge is 0.496 e. The minimum Gasteiger partial charge on any atom is -0.496 e. The molecule has 0 bridgehead atoms. The minimum absolute atomic E-state index is 0.0150. The van der Waals surface area contributed by atoms with E-state index in [0.29, 0.717) is 0 Å². The first-order valence-corrected chi connectivity index (χ1v) is 5.34. The number of carbonyl (C=O) groups is 1. The number of para-hydroxylation sites is 1. The van der Waals surface area contributed by atoms with Gasteiger partial charge in [0.05, 0.1) is 12.5 Å². The van der Waals surface area contributed by atoms with Crippen LogP contribution in [0.5, 0.6) is 5.75 Å². The number of rotatable bonds is 4. The fourth-order valence-corrected chi connectivity index (χ4v) is 1.63. The van der Waals surface area contributed by atoms with Gasteiger partial charge in [-0.15, -0.1) is 0 Å². The molecule has 0 unspecified atom stereocenters. The zero-order valence-electron chi connectivity index (χ0n) is 10.3. The summed E-state index contributed by atoms with van der Waals surface area (Å²) in [6.07, 6.45) is 0. The lowest BCUT2D eigenvalue weighted by atomic mass is 9.75. The normalized spacial score (nSPS) is 13.2. The Morgan fingerprint density at radius 1 is 1.38 bits per heavy atom. The summed E-state index contributed by atoms with van der Waals surface area (Å²) in [5.74, 6) is 0.511. The van der Waals surface area contributed by atoms with Crippen molar-refractivity contribution in [3.05, 3.63) is 29.8 Å². The summed E-state index contributed by atoms with van der Waals surface area (Å²) in [5.41, 5.74) is 5.84. The van der Waals surface area contributed by atoms with Gasteiger partial charge in [0, 0.05) is 0 Å². The van der Waals surface area contributed by atoms with Crippen molar-refractivity contribution in [2.75, 3.05) is 7.11 Å². The molecule has 0 saturated carbocycles. The number of ether oxygens (including phenoxy) is 1. The van der Waals surface area contributed by atoms with E-state index in [1.54, 1.807) is 7.11 Å². The fraction of sp³-hybridized carbons (Fsp3) is 0.462. The van der Waals surface area contributed by atoms with Gasteiger partial charge in [-0.3, -0.25) is 4.79 Å². The van der Waals surface area contributed by atoms with E-state index in [2.05, 4.69) is 0 Å². The molecule has 0 saturated heterocycles. The summed E-state index contributed by atoms with van der Waals surface area (Å²) in [6, 6.07) is 7.70. The van der Waals surface area contributed by atoms with Gasteiger partial charge in [0.25, 0.3) is 0 Å². The zero-order valence-corrected chi connectivity index (χ0v) is 10.3. The molecule has 0 spiro atoms. The highest BCUT2D eigenvalue weighted by Crippen LogP contribution is 2.38. The van der Waals surface area contributed by atoms with E-state index in [9.17, 15) is 4.79 Å². The van der Waals surface area contributed by atoms with E-state index < -0.39 is 5.41 Å². The van der Waals surface area contributed by atoms with Gasteiger partial charge in [0.1, 0.15) is 5.75 Å². The quantitative estimate of drug-likeness (QED) is 0.848. The lowest BCUT2D eigenvalue weighted by molar-refractivity contribution is -0.126. The van der Waals surface area contributed by atoms with Gasteiger partial charge in [-0.1, -0.05) is 39.0 Å². The number of methoxy groups -OCH3 is 1. The van der Waals surface area contributed by atoms with E-state index in [1.165, 1.54) is 0 Å². The molecule has 1 atom stereocenters. The number of carbonyl (C=O) groups excluding carboxylic acids is 1. The van der Waals surface area contributed by atoms with Crippen molar-refractivity contribution in [2.45, 2.75) is 26.7 Å². The van der Waals surface area contributed by atoms with Crippen LogP contribution >= 0.6 is 0 Å². The first-order valence-electron chi connectivity index (χ1n) is 5.34. The maximum Gasteiger partial charge on any atom is 0.223 e. The number of hydrogen-bond donors (Lipinski definition) is 1. The molecule has 3 heteroatoms. The molecule has 1 amide bonds. The number of primary amides is 1. The summed E-state index contributed by atoms with van der Waals surface area (Å²) < 4.78 is 5.29. The molecule has 3 nitrogen and oxygen atoms in total. The second kappa shape index (κ2) is 4.56. The maximum atomic E-state index is 11.4. The Morgan fingerprint density at radius 3 is 2.44 bits per heavy atom. The molecule has 0 fully saturated rings. The summed E-state index contributed by atoms with van der Waals surface area (Å²) in [4.78, 5) is 11.4. The van der Waals surface area contributed by atoms with Gasteiger partial charge >= 0.3 is 0 Å². The van der Waals surface area contributed by atoms with Crippen molar-refractivity contribution in [3.8, 4) is 5.75 Å². The van der Waals surface area contributed by atoms with Crippen LogP contribution in [0.1, 0.15) is 32.3 Å². The molecule has 0 aromatic heterocycles. The van der Waals surface area contributed by atoms with Gasteiger partial charge in [-0.05, 0) is 17.5 Å². The lowest BCUT2D eigenvalue weighted by Gasteiger charge is -2.29. The number of nitrogens with two attached hydrogens (primary N) is 1. The third kappa shape index (κ3) is 2.18. The van der Waals surface area contributed by atoms with Gasteiger partial charge in [-0.2, -0.15) is 0 Å². The third-order valence-corrected chi connectivity index (χ3v) is 3.32. The minimum atomic E-state index is -0.589. The summed E-state index contributed by atoms with van der Waals surface area (Å²) in [7, 11) is 1.63. The molecular weight excluding hydrogens is 202 g/mol. The topological polar surface area (TPSA) is 52.3 Å². The van der Waals surface area contributed by atoms with E-state index in [4.69, 9.17) is 10.5 Å². The Kier molecular flexibility index (Phi) is 3.58. The van der Waals surface area contributed by atoms with E-state index in [1.807, 2.05) is 45.0 Å². The molecule has 0 aliphatic carbocycles. The van der Waals surface area contributed by atoms with Crippen LogP contribution in [0, 0.1) is 5.41 Å². The molecule has 88 valence electrons. The van der Waals surface area contributed by atoms with Crippen LogP contribution in [0.4, 0.5) is 0 Å². The predicted octanol–water partition coefficient (Wildman–Crippen LogP) is 2.31. The lowest BCUT2D eigenvalue weighted by Crippen LogP contribution is -2.36. The van der Waals surface area contributed by atoms with Crippen molar-refractivity contribution in [2.24, 2.45) is 11.1 Å². The van der Waals surface area contributed by atoms with Crippen molar-refractivity contribution < 1.29 is 9.53 Å².